The Morgan fingerprint density at radius 1 is 1.05 bits per heavy atom. The fourth-order valence-corrected chi connectivity index (χ4v) is 3.99. The van der Waals surface area contributed by atoms with Gasteiger partial charge in [0, 0.05) is 12.0 Å². The van der Waals surface area contributed by atoms with Crippen molar-refractivity contribution in [1.82, 2.24) is 5.32 Å². The van der Waals surface area contributed by atoms with Gasteiger partial charge in [0.25, 0.3) is 0 Å². The van der Waals surface area contributed by atoms with Crippen molar-refractivity contribution in [3.05, 3.63) is 0 Å². The van der Waals surface area contributed by atoms with E-state index >= 15 is 0 Å². The van der Waals surface area contributed by atoms with E-state index < -0.39 is 5.97 Å². The highest BCUT2D eigenvalue weighted by Gasteiger charge is 2.31. The fraction of sp³-hybridized carbons (Fsp3) is 0.882. The first-order valence-electron chi connectivity index (χ1n) is 8.59. The molecule has 2 unspecified atom stereocenters. The molecule has 2 saturated carbocycles. The van der Waals surface area contributed by atoms with E-state index in [1.807, 2.05) is 0 Å². The quantitative estimate of drug-likeness (QED) is 0.817. The number of aliphatic carboxylic acids is 1. The molecule has 0 aliphatic heterocycles. The van der Waals surface area contributed by atoms with Crippen molar-refractivity contribution in [3.8, 4) is 0 Å². The minimum Gasteiger partial charge on any atom is -0.481 e. The maximum absolute atomic E-state index is 12.3. The molecule has 1 amide bonds. The van der Waals surface area contributed by atoms with Crippen LogP contribution in [-0.2, 0) is 9.59 Å². The topological polar surface area (TPSA) is 66.4 Å². The molecule has 4 nitrogen and oxygen atoms in total. The molecule has 0 aromatic heterocycles. The molecule has 0 heterocycles. The summed E-state index contributed by atoms with van der Waals surface area (Å²) >= 11 is 0. The fourth-order valence-electron chi connectivity index (χ4n) is 3.99. The maximum atomic E-state index is 12.3. The van der Waals surface area contributed by atoms with Crippen molar-refractivity contribution in [2.75, 3.05) is 0 Å². The molecule has 3 atom stereocenters. The summed E-state index contributed by atoms with van der Waals surface area (Å²) in [5, 5.41) is 12.2. The average Bonchev–Trinajstić information content (AvgIpc) is 2.48. The zero-order valence-electron chi connectivity index (χ0n) is 13.1. The summed E-state index contributed by atoms with van der Waals surface area (Å²) in [4.78, 5) is 23.4. The molecule has 4 heteroatoms. The Hall–Kier alpha value is -1.06. The number of carbonyl (C=O) groups excluding carboxylic acids is 1. The van der Waals surface area contributed by atoms with Gasteiger partial charge in [0.05, 0.1) is 5.92 Å². The summed E-state index contributed by atoms with van der Waals surface area (Å²) < 4.78 is 0. The van der Waals surface area contributed by atoms with Crippen LogP contribution < -0.4 is 5.32 Å². The molecule has 0 saturated heterocycles. The van der Waals surface area contributed by atoms with Gasteiger partial charge in [-0.25, -0.2) is 0 Å². The van der Waals surface area contributed by atoms with E-state index in [-0.39, 0.29) is 23.8 Å². The van der Waals surface area contributed by atoms with E-state index in [9.17, 15) is 9.59 Å². The maximum Gasteiger partial charge on any atom is 0.306 e. The van der Waals surface area contributed by atoms with Crippen LogP contribution in [-0.4, -0.2) is 23.0 Å². The molecule has 2 N–H and O–H groups in total. The summed E-state index contributed by atoms with van der Waals surface area (Å²) in [5.74, 6) is -0.351. The second-order valence-corrected chi connectivity index (χ2v) is 7.05. The largest absolute Gasteiger partial charge is 0.481 e. The molecular weight excluding hydrogens is 266 g/mol. The number of rotatable bonds is 5. The van der Waals surface area contributed by atoms with Gasteiger partial charge in [-0.15, -0.1) is 0 Å². The van der Waals surface area contributed by atoms with Crippen LogP contribution in [0.4, 0.5) is 0 Å². The van der Waals surface area contributed by atoms with Gasteiger partial charge in [-0.2, -0.15) is 0 Å². The Morgan fingerprint density at radius 3 is 2.38 bits per heavy atom. The van der Waals surface area contributed by atoms with Gasteiger partial charge in [-0.1, -0.05) is 38.5 Å². The second-order valence-electron chi connectivity index (χ2n) is 7.05. The number of nitrogens with one attached hydrogen (secondary N) is 1. The number of hydrogen-bond acceptors (Lipinski definition) is 2. The van der Waals surface area contributed by atoms with E-state index in [2.05, 4.69) is 12.2 Å². The Kier molecular flexibility index (Phi) is 6.07. The lowest BCUT2D eigenvalue weighted by molar-refractivity contribution is -0.144. The molecule has 0 aromatic carbocycles. The lowest BCUT2D eigenvalue weighted by atomic mass is 9.80. The minimum absolute atomic E-state index is 0.0734. The lowest BCUT2D eigenvalue weighted by Crippen LogP contribution is -2.40. The molecule has 0 aromatic rings. The molecule has 2 fully saturated rings. The average molecular weight is 295 g/mol. The zero-order chi connectivity index (χ0) is 15.2. The smallest absolute Gasteiger partial charge is 0.306 e. The first-order chi connectivity index (χ1) is 10.1. The molecule has 2 rings (SSSR count). The predicted molar refractivity (Wildman–Crippen MR) is 81.9 cm³/mol. The lowest BCUT2D eigenvalue weighted by Gasteiger charge is -2.29. The van der Waals surface area contributed by atoms with Crippen LogP contribution in [0.15, 0.2) is 0 Å². The highest BCUT2D eigenvalue weighted by Crippen LogP contribution is 2.30. The van der Waals surface area contributed by atoms with Crippen LogP contribution in [0, 0.1) is 17.8 Å². The van der Waals surface area contributed by atoms with Crippen molar-refractivity contribution < 1.29 is 14.7 Å². The van der Waals surface area contributed by atoms with Crippen LogP contribution in [0.3, 0.4) is 0 Å². The van der Waals surface area contributed by atoms with Crippen molar-refractivity contribution in [1.29, 1.82) is 0 Å². The zero-order valence-corrected chi connectivity index (χ0v) is 13.1. The molecule has 120 valence electrons. The number of amides is 1. The minimum atomic E-state index is -0.747. The van der Waals surface area contributed by atoms with E-state index in [4.69, 9.17) is 5.11 Å². The van der Waals surface area contributed by atoms with Crippen molar-refractivity contribution >= 4 is 11.9 Å². The summed E-state index contributed by atoms with van der Waals surface area (Å²) in [6.07, 6.45) is 10.6. The first kappa shape index (κ1) is 16.3. The van der Waals surface area contributed by atoms with Crippen LogP contribution in [0.5, 0.6) is 0 Å². The Morgan fingerprint density at radius 2 is 1.71 bits per heavy atom. The second kappa shape index (κ2) is 7.81. The number of carbonyl (C=O) groups is 2. The Balaban J connectivity index is 1.75. The van der Waals surface area contributed by atoms with Crippen molar-refractivity contribution in [2.24, 2.45) is 17.8 Å². The van der Waals surface area contributed by atoms with E-state index in [0.717, 1.165) is 31.6 Å². The molecule has 2 aliphatic rings. The van der Waals surface area contributed by atoms with Gasteiger partial charge in [-0.05, 0) is 38.5 Å². The predicted octanol–water partition coefficient (Wildman–Crippen LogP) is 3.35. The standard InChI is InChI=1S/C17H29NO3/c1-12(10-13-6-3-2-4-7-13)18-16(19)14-8-5-9-15(11-14)17(20)21/h12-15H,2-11H2,1H3,(H,18,19)(H,20,21)/t12-,14?,15?/m1/s1. The Labute approximate surface area is 127 Å². The van der Waals surface area contributed by atoms with E-state index in [0.29, 0.717) is 6.42 Å². The van der Waals surface area contributed by atoms with Gasteiger partial charge < -0.3 is 10.4 Å². The molecular formula is C17H29NO3. The summed E-state index contributed by atoms with van der Waals surface area (Å²) in [6.45, 7) is 2.09. The third kappa shape index (κ3) is 5.01. The van der Waals surface area contributed by atoms with Crippen molar-refractivity contribution in [2.45, 2.75) is 77.2 Å². The van der Waals surface area contributed by atoms with E-state index in [1.165, 1.54) is 32.1 Å². The Bertz CT molecular complexity index is 363. The number of carboxylic acid groups (broad SMARTS) is 1. The molecule has 0 bridgehead atoms. The van der Waals surface area contributed by atoms with Gasteiger partial charge in [-0.3, -0.25) is 9.59 Å². The third-order valence-electron chi connectivity index (χ3n) is 5.19. The highest BCUT2D eigenvalue weighted by molar-refractivity contribution is 5.80. The summed E-state index contributed by atoms with van der Waals surface area (Å²) in [6, 6.07) is 0.214. The number of carboxylic acids is 1. The van der Waals surface area contributed by atoms with Crippen LogP contribution in [0.2, 0.25) is 0 Å². The van der Waals surface area contributed by atoms with Crippen LogP contribution in [0.1, 0.15) is 71.1 Å². The van der Waals surface area contributed by atoms with Gasteiger partial charge >= 0.3 is 5.97 Å². The third-order valence-corrected chi connectivity index (χ3v) is 5.19. The van der Waals surface area contributed by atoms with Gasteiger partial charge in [0.15, 0.2) is 0 Å². The van der Waals surface area contributed by atoms with Gasteiger partial charge in [0.2, 0.25) is 5.91 Å². The summed E-state index contributed by atoms with van der Waals surface area (Å²) in [5.41, 5.74) is 0. The first-order valence-corrected chi connectivity index (χ1v) is 8.59. The van der Waals surface area contributed by atoms with Crippen LogP contribution >= 0.6 is 0 Å². The van der Waals surface area contributed by atoms with Crippen molar-refractivity contribution in [3.63, 3.8) is 0 Å². The summed E-state index contributed by atoms with van der Waals surface area (Å²) in [7, 11) is 0. The highest BCUT2D eigenvalue weighted by atomic mass is 16.4. The molecule has 0 radical (unpaired) electrons. The number of hydrogen-bond donors (Lipinski definition) is 2. The van der Waals surface area contributed by atoms with Crippen LogP contribution in [0.25, 0.3) is 0 Å². The molecule has 2 aliphatic carbocycles. The SMILES string of the molecule is C[C@H](CC1CCCCC1)NC(=O)C1CCCC(C(=O)O)C1. The molecule has 21 heavy (non-hydrogen) atoms. The molecule has 0 spiro atoms. The monoisotopic (exact) mass is 295 g/mol. The van der Waals surface area contributed by atoms with E-state index in [1.54, 1.807) is 0 Å². The van der Waals surface area contributed by atoms with Gasteiger partial charge in [0.1, 0.15) is 0 Å². The normalized spacial score (nSPS) is 28.8.